The van der Waals surface area contributed by atoms with Gasteiger partial charge in [0.1, 0.15) is 0 Å². The second-order valence-electron chi connectivity index (χ2n) is 10.4. The van der Waals surface area contributed by atoms with Crippen LogP contribution in [-0.2, 0) is 26.0 Å². The molecule has 2 bridgehead atoms. The van der Waals surface area contributed by atoms with Crippen molar-refractivity contribution < 1.29 is 22.3 Å². The average Bonchev–Trinajstić information content (AvgIpc) is 3.63. The summed E-state index contributed by atoms with van der Waals surface area (Å²) < 4.78 is 48.4. The number of pyridine rings is 1. The number of hydrogen-bond donors (Lipinski definition) is 0. The fourth-order valence-corrected chi connectivity index (χ4v) is 7.83. The molecule has 4 aromatic rings. The monoisotopic (exact) mass is 568 g/mol. The van der Waals surface area contributed by atoms with Gasteiger partial charge in [0, 0.05) is 23.3 Å². The molecule has 0 aliphatic heterocycles. The van der Waals surface area contributed by atoms with Crippen molar-refractivity contribution >= 4 is 38.6 Å². The van der Waals surface area contributed by atoms with Crippen LogP contribution >= 0.6 is 11.6 Å². The number of benzene rings is 1. The molecule has 3 heterocycles. The molecule has 11 heteroatoms. The van der Waals surface area contributed by atoms with Crippen molar-refractivity contribution in [1.82, 2.24) is 18.9 Å². The lowest BCUT2D eigenvalue weighted by Crippen LogP contribution is -2.32. The SMILES string of the molecule is COC(=O)[C@H]1C2CCC(C2)C1Cc1nc(-c2cn(S(=O)(=O)c3ccc(C)cc3)c3ncc(Cl)cc23)ncc1F. The Morgan fingerprint density at radius 3 is 2.64 bits per heavy atom. The quantitative estimate of drug-likeness (QED) is 0.294. The highest BCUT2D eigenvalue weighted by molar-refractivity contribution is 7.90. The van der Waals surface area contributed by atoms with Gasteiger partial charge in [0.05, 0.1) is 34.8 Å². The van der Waals surface area contributed by atoms with Crippen LogP contribution in [0.2, 0.25) is 5.02 Å². The first-order valence-corrected chi connectivity index (χ1v) is 14.6. The Labute approximate surface area is 230 Å². The minimum absolute atomic E-state index is 0.0761. The minimum Gasteiger partial charge on any atom is -0.469 e. The molecule has 0 radical (unpaired) electrons. The number of aromatic nitrogens is 4. The van der Waals surface area contributed by atoms with Gasteiger partial charge in [0.2, 0.25) is 0 Å². The Balaban J connectivity index is 1.43. The lowest BCUT2D eigenvalue weighted by molar-refractivity contribution is -0.149. The molecule has 0 spiro atoms. The first-order chi connectivity index (χ1) is 18.7. The van der Waals surface area contributed by atoms with E-state index in [1.807, 2.05) is 6.92 Å². The van der Waals surface area contributed by atoms with Crippen LogP contribution in [-0.4, -0.2) is 40.4 Å². The summed E-state index contributed by atoms with van der Waals surface area (Å²) in [5, 5.41) is 0.725. The standard InChI is InChI=1S/C28H26ClFN4O4S/c1-15-3-7-19(8-4-15)39(36,37)34-14-22(21-10-18(29)12-32-27(21)34)26-31-13-23(30)24(33-26)11-20-16-5-6-17(9-16)25(20)28(35)38-2/h3-4,7-8,10,12-14,16-17,20,25H,5-6,9,11H2,1-2H3/t16?,17?,20?,25-/m0/s1. The molecule has 202 valence electrons. The van der Waals surface area contributed by atoms with Crippen LogP contribution in [0.3, 0.4) is 0 Å². The Morgan fingerprint density at radius 1 is 1.15 bits per heavy atom. The van der Waals surface area contributed by atoms with Gasteiger partial charge in [-0.05, 0) is 68.6 Å². The fourth-order valence-electron chi connectivity index (χ4n) is 6.35. The van der Waals surface area contributed by atoms with Crippen molar-refractivity contribution in [3.05, 3.63) is 71.0 Å². The summed E-state index contributed by atoms with van der Waals surface area (Å²) in [6.45, 7) is 1.87. The van der Waals surface area contributed by atoms with Crippen LogP contribution in [0.15, 0.2) is 53.8 Å². The molecule has 0 saturated heterocycles. The Kier molecular flexibility index (Phi) is 6.42. The second kappa shape index (κ2) is 9.67. The maximum Gasteiger partial charge on any atom is 0.309 e. The highest BCUT2D eigenvalue weighted by atomic mass is 35.5. The predicted octanol–water partition coefficient (Wildman–Crippen LogP) is 5.21. The van der Waals surface area contributed by atoms with Crippen LogP contribution in [0.4, 0.5) is 4.39 Å². The molecule has 3 aromatic heterocycles. The molecular weight excluding hydrogens is 543 g/mol. The summed E-state index contributed by atoms with van der Waals surface area (Å²) in [6.07, 6.45) is 7.02. The van der Waals surface area contributed by atoms with E-state index < -0.39 is 15.8 Å². The van der Waals surface area contributed by atoms with Crippen LogP contribution < -0.4 is 0 Å². The van der Waals surface area contributed by atoms with Gasteiger partial charge in [-0.25, -0.2) is 31.7 Å². The minimum atomic E-state index is -4.01. The van der Waals surface area contributed by atoms with Gasteiger partial charge < -0.3 is 4.74 Å². The molecule has 8 nitrogen and oxygen atoms in total. The number of halogens is 2. The van der Waals surface area contributed by atoms with Crippen molar-refractivity contribution in [2.45, 2.75) is 37.5 Å². The van der Waals surface area contributed by atoms with Gasteiger partial charge in [0.15, 0.2) is 17.3 Å². The summed E-state index contributed by atoms with van der Waals surface area (Å²) in [5.74, 6) is -0.485. The number of carbonyl (C=O) groups excluding carboxylic acids is 1. The Morgan fingerprint density at radius 2 is 1.90 bits per heavy atom. The van der Waals surface area contributed by atoms with Crippen LogP contribution in [0.5, 0.6) is 0 Å². The molecular formula is C28H26ClFN4O4S. The lowest BCUT2D eigenvalue weighted by Gasteiger charge is -2.29. The number of methoxy groups -OCH3 is 1. The summed E-state index contributed by atoms with van der Waals surface area (Å²) in [5.41, 5.74) is 1.62. The van der Waals surface area contributed by atoms with E-state index in [0.29, 0.717) is 21.9 Å². The number of hydrogen-bond acceptors (Lipinski definition) is 7. The first kappa shape index (κ1) is 25.9. The summed E-state index contributed by atoms with van der Waals surface area (Å²) >= 11 is 6.24. The molecule has 2 fully saturated rings. The van der Waals surface area contributed by atoms with Gasteiger partial charge >= 0.3 is 5.97 Å². The molecule has 0 N–H and O–H groups in total. The highest BCUT2D eigenvalue weighted by Crippen LogP contribution is 2.53. The van der Waals surface area contributed by atoms with Crippen LogP contribution in [0.1, 0.15) is 30.5 Å². The zero-order valence-electron chi connectivity index (χ0n) is 21.3. The summed E-state index contributed by atoms with van der Waals surface area (Å²) in [7, 11) is -2.63. The Bertz CT molecular complexity index is 1710. The molecule has 2 saturated carbocycles. The average molecular weight is 569 g/mol. The maximum atomic E-state index is 15.0. The van der Waals surface area contributed by atoms with Crippen molar-refractivity contribution in [3.63, 3.8) is 0 Å². The van der Waals surface area contributed by atoms with Gasteiger partial charge in [0.25, 0.3) is 10.0 Å². The molecule has 4 atom stereocenters. The van der Waals surface area contributed by atoms with E-state index in [0.717, 1.165) is 35.0 Å². The van der Waals surface area contributed by atoms with E-state index in [4.69, 9.17) is 16.3 Å². The third kappa shape index (κ3) is 4.39. The zero-order valence-corrected chi connectivity index (χ0v) is 22.9. The second-order valence-corrected chi connectivity index (χ2v) is 12.7. The first-order valence-electron chi connectivity index (χ1n) is 12.8. The number of nitrogens with zero attached hydrogens (tertiary/aromatic N) is 4. The molecule has 1 aromatic carbocycles. The number of esters is 1. The van der Waals surface area contributed by atoms with Gasteiger partial charge in [-0.15, -0.1) is 0 Å². The van der Waals surface area contributed by atoms with Crippen LogP contribution in [0.25, 0.3) is 22.4 Å². The number of ether oxygens (including phenoxy) is 1. The third-order valence-corrected chi connectivity index (χ3v) is 10.1. The highest BCUT2D eigenvalue weighted by Gasteiger charge is 2.51. The molecule has 6 rings (SSSR count). The summed E-state index contributed by atoms with van der Waals surface area (Å²) in [6, 6.07) is 8.10. The fraction of sp³-hybridized carbons (Fsp3) is 0.357. The lowest BCUT2D eigenvalue weighted by atomic mass is 9.77. The third-order valence-electron chi connectivity index (χ3n) is 8.20. The smallest absolute Gasteiger partial charge is 0.309 e. The van der Waals surface area contributed by atoms with Crippen LogP contribution in [0, 0.1) is 36.4 Å². The zero-order chi connectivity index (χ0) is 27.5. The van der Waals surface area contributed by atoms with Gasteiger partial charge in [-0.3, -0.25) is 4.79 Å². The number of aryl methyl sites for hydroxylation is 1. The number of carbonyl (C=O) groups is 1. The topological polar surface area (TPSA) is 104 Å². The van der Waals surface area contributed by atoms with Crippen molar-refractivity contribution in [3.8, 4) is 11.4 Å². The van der Waals surface area contributed by atoms with E-state index in [1.165, 1.54) is 31.6 Å². The molecule has 2 aliphatic rings. The molecule has 3 unspecified atom stereocenters. The van der Waals surface area contributed by atoms with Crippen molar-refractivity contribution in [2.24, 2.45) is 23.7 Å². The van der Waals surface area contributed by atoms with E-state index in [9.17, 15) is 13.2 Å². The normalized spacial score (nSPS) is 22.5. The number of fused-ring (bicyclic) bond motifs is 3. The van der Waals surface area contributed by atoms with Crippen molar-refractivity contribution in [2.75, 3.05) is 7.11 Å². The largest absolute Gasteiger partial charge is 0.469 e. The predicted molar refractivity (Wildman–Crippen MR) is 143 cm³/mol. The molecule has 0 amide bonds. The van der Waals surface area contributed by atoms with E-state index in [2.05, 4.69) is 15.0 Å². The van der Waals surface area contributed by atoms with Crippen molar-refractivity contribution in [1.29, 1.82) is 0 Å². The molecule has 39 heavy (non-hydrogen) atoms. The number of rotatable bonds is 6. The van der Waals surface area contributed by atoms with E-state index in [1.54, 1.807) is 18.2 Å². The molecule has 2 aliphatic carbocycles. The van der Waals surface area contributed by atoms with Gasteiger partial charge in [-0.1, -0.05) is 29.3 Å². The summed E-state index contributed by atoms with van der Waals surface area (Å²) in [4.78, 5) is 25.7. The Hall–Kier alpha value is -3.37. The van der Waals surface area contributed by atoms with E-state index in [-0.39, 0.29) is 52.2 Å². The maximum absolute atomic E-state index is 15.0. The van der Waals surface area contributed by atoms with Gasteiger partial charge in [-0.2, -0.15) is 0 Å². The van der Waals surface area contributed by atoms with E-state index >= 15 is 4.39 Å².